The van der Waals surface area contributed by atoms with E-state index >= 15 is 0 Å². The zero-order valence-electron chi connectivity index (χ0n) is 18.1. The zero-order chi connectivity index (χ0) is 25.1. The number of hydrogen-bond acceptors (Lipinski definition) is 10. The molecule has 4 rings (SSSR count). The summed E-state index contributed by atoms with van der Waals surface area (Å²) in [6.45, 7) is -0.630. The van der Waals surface area contributed by atoms with Crippen molar-refractivity contribution in [1.29, 1.82) is 0 Å². The third kappa shape index (κ3) is 5.17. The van der Waals surface area contributed by atoms with Crippen LogP contribution in [0, 0.1) is 0 Å². The van der Waals surface area contributed by atoms with Crippen LogP contribution in [0.4, 0.5) is 0 Å². The van der Waals surface area contributed by atoms with E-state index in [1.807, 2.05) is 0 Å². The standard InChI is InChI=1S/C24H22O11/c25-16(26)10-17(27)32-11-15-19(29)20(30)21(31)24(34-15)35-23-18(28)13-8-4-5-9-14(13)33-22(23)12-6-2-1-3-7-12/h1-9,15,19-21,24,29-31H,10-11H2,(H,25,26)/t15-,19-,20+,21-,24+/m1/s1. The van der Waals surface area contributed by atoms with Crippen LogP contribution in [-0.2, 0) is 19.1 Å². The number of carboxylic acid groups (broad SMARTS) is 1. The Labute approximate surface area is 197 Å². The van der Waals surface area contributed by atoms with Crippen LogP contribution in [0.5, 0.6) is 5.75 Å². The molecule has 1 saturated heterocycles. The van der Waals surface area contributed by atoms with Crippen LogP contribution in [0.3, 0.4) is 0 Å². The minimum atomic E-state index is -1.79. The van der Waals surface area contributed by atoms with Crippen molar-refractivity contribution in [3.8, 4) is 17.1 Å². The molecular weight excluding hydrogens is 464 g/mol. The van der Waals surface area contributed by atoms with Crippen molar-refractivity contribution in [3.05, 3.63) is 64.8 Å². The van der Waals surface area contributed by atoms with E-state index in [4.69, 9.17) is 23.7 Å². The van der Waals surface area contributed by atoms with Crippen molar-refractivity contribution in [2.45, 2.75) is 37.1 Å². The number of ether oxygens (including phenoxy) is 3. The molecule has 1 fully saturated rings. The van der Waals surface area contributed by atoms with E-state index < -0.39 is 61.1 Å². The lowest BCUT2D eigenvalue weighted by Gasteiger charge is -2.39. The van der Waals surface area contributed by atoms with E-state index in [1.165, 1.54) is 6.07 Å². The van der Waals surface area contributed by atoms with E-state index in [0.717, 1.165) is 0 Å². The molecule has 0 unspecified atom stereocenters. The maximum absolute atomic E-state index is 13.3. The fourth-order valence-electron chi connectivity index (χ4n) is 3.63. The third-order valence-corrected chi connectivity index (χ3v) is 5.40. The molecule has 35 heavy (non-hydrogen) atoms. The van der Waals surface area contributed by atoms with Gasteiger partial charge in [0, 0.05) is 5.56 Å². The number of benzene rings is 2. The van der Waals surface area contributed by atoms with Crippen molar-refractivity contribution in [2.24, 2.45) is 0 Å². The molecule has 1 aliphatic heterocycles. The van der Waals surface area contributed by atoms with Gasteiger partial charge in [-0.1, -0.05) is 42.5 Å². The molecule has 2 aromatic carbocycles. The summed E-state index contributed by atoms with van der Waals surface area (Å²) in [6, 6.07) is 15.1. The summed E-state index contributed by atoms with van der Waals surface area (Å²) in [5.41, 5.74) is 0.231. The number of carbonyl (C=O) groups excluding carboxylic acids is 1. The van der Waals surface area contributed by atoms with E-state index in [0.29, 0.717) is 11.1 Å². The van der Waals surface area contributed by atoms with Gasteiger partial charge in [0.25, 0.3) is 0 Å². The number of hydrogen-bond donors (Lipinski definition) is 4. The van der Waals surface area contributed by atoms with Gasteiger partial charge in [-0.05, 0) is 12.1 Å². The number of aliphatic hydroxyl groups excluding tert-OH is 3. The lowest BCUT2D eigenvalue weighted by Crippen LogP contribution is -2.60. The first-order valence-corrected chi connectivity index (χ1v) is 10.6. The predicted molar refractivity (Wildman–Crippen MR) is 118 cm³/mol. The van der Waals surface area contributed by atoms with Crippen molar-refractivity contribution < 1.29 is 48.6 Å². The summed E-state index contributed by atoms with van der Waals surface area (Å²) in [7, 11) is 0. The van der Waals surface area contributed by atoms with Gasteiger partial charge in [0.15, 0.2) is 5.76 Å². The lowest BCUT2D eigenvalue weighted by atomic mass is 9.99. The van der Waals surface area contributed by atoms with Crippen molar-refractivity contribution in [3.63, 3.8) is 0 Å². The van der Waals surface area contributed by atoms with Gasteiger partial charge in [-0.3, -0.25) is 14.4 Å². The number of esters is 1. The Bertz CT molecular complexity index is 1270. The lowest BCUT2D eigenvalue weighted by molar-refractivity contribution is -0.278. The molecule has 0 aliphatic carbocycles. The number of aliphatic carboxylic acids is 1. The molecule has 0 spiro atoms. The first-order valence-electron chi connectivity index (χ1n) is 10.6. The van der Waals surface area contributed by atoms with Crippen molar-refractivity contribution in [1.82, 2.24) is 0 Å². The summed E-state index contributed by atoms with van der Waals surface area (Å²) in [4.78, 5) is 35.5. The summed E-state index contributed by atoms with van der Waals surface area (Å²) in [5, 5.41) is 39.9. The van der Waals surface area contributed by atoms with E-state index in [2.05, 4.69) is 0 Å². The van der Waals surface area contributed by atoms with Crippen LogP contribution < -0.4 is 10.2 Å². The van der Waals surface area contributed by atoms with Crippen LogP contribution in [-0.4, -0.2) is 69.7 Å². The Morgan fingerprint density at radius 1 is 0.914 bits per heavy atom. The Morgan fingerprint density at radius 2 is 1.60 bits per heavy atom. The molecule has 0 amide bonds. The van der Waals surface area contributed by atoms with E-state index in [1.54, 1.807) is 48.5 Å². The van der Waals surface area contributed by atoms with Crippen molar-refractivity contribution in [2.75, 3.05) is 6.61 Å². The number of aliphatic hydroxyl groups is 3. The fraction of sp³-hybridized carbons (Fsp3) is 0.292. The van der Waals surface area contributed by atoms with Gasteiger partial charge >= 0.3 is 11.9 Å². The first-order chi connectivity index (χ1) is 16.8. The maximum Gasteiger partial charge on any atom is 0.317 e. The second-order valence-corrected chi connectivity index (χ2v) is 7.84. The van der Waals surface area contributed by atoms with Crippen LogP contribution in [0.15, 0.2) is 63.8 Å². The topological polar surface area (TPSA) is 173 Å². The Kier molecular flexibility index (Phi) is 7.12. The predicted octanol–water partition coefficient (Wildman–Crippen LogP) is 0.664. The fourth-order valence-corrected chi connectivity index (χ4v) is 3.63. The summed E-state index contributed by atoms with van der Waals surface area (Å²) in [6.07, 6.45) is -9.22. The number of fused-ring (bicyclic) bond motifs is 1. The average Bonchev–Trinajstić information content (AvgIpc) is 2.85. The molecule has 2 heterocycles. The van der Waals surface area contributed by atoms with Gasteiger partial charge < -0.3 is 39.1 Å². The molecule has 1 aromatic heterocycles. The molecule has 184 valence electrons. The molecule has 11 nitrogen and oxygen atoms in total. The maximum atomic E-state index is 13.3. The SMILES string of the molecule is O=C(O)CC(=O)OC[C@H]1O[C@@H](Oc2c(-c3ccccc3)oc3ccccc3c2=O)[C@H](O)[C@@H](O)[C@@H]1O. The number of rotatable bonds is 7. The number of carboxylic acids is 1. The van der Waals surface area contributed by atoms with E-state index in [-0.39, 0.29) is 16.9 Å². The summed E-state index contributed by atoms with van der Waals surface area (Å²) < 4.78 is 22.0. The quantitative estimate of drug-likeness (QED) is 0.273. The minimum absolute atomic E-state index is 0.0511. The van der Waals surface area contributed by atoms with Crippen LogP contribution >= 0.6 is 0 Å². The van der Waals surface area contributed by atoms with E-state index in [9.17, 15) is 29.7 Å². The second-order valence-electron chi connectivity index (χ2n) is 7.84. The van der Waals surface area contributed by atoms with Gasteiger partial charge in [-0.2, -0.15) is 0 Å². The van der Waals surface area contributed by atoms with Gasteiger partial charge in [-0.25, -0.2) is 0 Å². The molecule has 1 aliphatic rings. The van der Waals surface area contributed by atoms with Gasteiger partial charge in [0.1, 0.15) is 43.0 Å². The molecule has 0 saturated carbocycles. The smallest absolute Gasteiger partial charge is 0.317 e. The average molecular weight is 486 g/mol. The highest BCUT2D eigenvalue weighted by Gasteiger charge is 2.46. The Hall–Kier alpha value is -3.77. The molecule has 4 N–H and O–H groups in total. The zero-order valence-corrected chi connectivity index (χ0v) is 18.1. The number of para-hydroxylation sites is 1. The second kappa shape index (κ2) is 10.2. The highest BCUT2D eigenvalue weighted by atomic mass is 16.7. The molecule has 0 radical (unpaired) electrons. The van der Waals surface area contributed by atoms with Gasteiger partial charge in [-0.15, -0.1) is 0 Å². The van der Waals surface area contributed by atoms with Crippen LogP contribution in [0.1, 0.15) is 6.42 Å². The molecular formula is C24H22O11. The van der Waals surface area contributed by atoms with Crippen molar-refractivity contribution >= 4 is 22.9 Å². The molecule has 0 bridgehead atoms. The van der Waals surface area contributed by atoms with Gasteiger partial charge in [0.05, 0.1) is 5.39 Å². The van der Waals surface area contributed by atoms with Gasteiger partial charge in [0.2, 0.25) is 17.5 Å². The Balaban J connectivity index is 1.66. The Morgan fingerprint density at radius 3 is 2.31 bits per heavy atom. The highest BCUT2D eigenvalue weighted by Crippen LogP contribution is 2.33. The monoisotopic (exact) mass is 486 g/mol. The van der Waals surface area contributed by atoms with Crippen LogP contribution in [0.25, 0.3) is 22.3 Å². The van der Waals surface area contributed by atoms with Crippen LogP contribution in [0.2, 0.25) is 0 Å². The summed E-state index contributed by atoms with van der Waals surface area (Å²) >= 11 is 0. The first kappa shape index (κ1) is 24.4. The number of carbonyl (C=O) groups is 2. The molecule has 11 heteroatoms. The third-order valence-electron chi connectivity index (χ3n) is 5.40. The normalized spacial score (nSPS) is 24.1. The summed E-state index contributed by atoms with van der Waals surface area (Å²) in [5.74, 6) is -2.75. The largest absolute Gasteiger partial charge is 0.481 e. The molecule has 5 atom stereocenters. The minimum Gasteiger partial charge on any atom is -0.481 e. The molecule has 3 aromatic rings. The highest BCUT2D eigenvalue weighted by molar-refractivity contribution is 5.90.